The van der Waals surface area contributed by atoms with Gasteiger partial charge in [0.2, 0.25) is 11.8 Å². The third kappa shape index (κ3) is 3.56. The second-order valence-electron chi connectivity index (χ2n) is 7.83. The number of benzene rings is 1. The molecule has 0 bridgehead atoms. The number of aromatic nitrogens is 2. The van der Waals surface area contributed by atoms with E-state index in [1.54, 1.807) is 11.2 Å². The smallest absolute Gasteiger partial charge is 0.240 e. The molecule has 2 aromatic rings. The van der Waals surface area contributed by atoms with Gasteiger partial charge in [0, 0.05) is 44.4 Å². The van der Waals surface area contributed by atoms with Crippen molar-refractivity contribution in [3.05, 3.63) is 47.5 Å². The Hall–Kier alpha value is -3.34. The Balaban J connectivity index is 1.70. The third-order valence-electron chi connectivity index (χ3n) is 5.94. The Morgan fingerprint density at radius 3 is 2.90 bits per heavy atom. The van der Waals surface area contributed by atoms with Crippen LogP contribution in [0.3, 0.4) is 0 Å². The standard InChI is InChI=1S/C21H24N6O2/c1-25-13-24-10-17(25)12-26-11-16(8-15-7-14(9-22)4-5-18(15)26)20(21(23)29)27-6-2-3-19(27)28/h4-5,7,10,13,16,20H,2-3,6,8,11-12H2,1H3,(H2,23,29). The average Bonchev–Trinajstić information content (AvgIpc) is 3.29. The second kappa shape index (κ2) is 7.59. The van der Waals surface area contributed by atoms with Gasteiger partial charge in [0.1, 0.15) is 6.04 Å². The molecule has 8 heteroatoms. The first-order valence-electron chi connectivity index (χ1n) is 9.80. The molecule has 0 spiro atoms. The van der Waals surface area contributed by atoms with Gasteiger partial charge in [-0.1, -0.05) is 0 Å². The molecule has 2 aliphatic rings. The Labute approximate surface area is 169 Å². The zero-order chi connectivity index (χ0) is 20.5. The lowest BCUT2D eigenvalue weighted by Gasteiger charge is -2.41. The van der Waals surface area contributed by atoms with Gasteiger partial charge in [-0.25, -0.2) is 4.98 Å². The quantitative estimate of drug-likeness (QED) is 0.815. The van der Waals surface area contributed by atoms with Crippen LogP contribution < -0.4 is 10.6 Å². The summed E-state index contributed by atoms with van der Waals surface area (Å²) in [7, 11) is 1.94. The van der Waals surface area contributed by atoms with Crippen LogP contribution in [0.25, 0.3) is 0 Å². The molecule has 1 aromatic heterocycles. The van der Waals surface area contributed by atoms with Crippen LogP contribution in [0.5, 0.6) is 0 Å². The lowest BCUT2D eigenvalue weighted by molar-refractivity contribution is -0.138. The molecule has 2 unspecified atom stereocenters. The largest absolute Gasteiger partial charge is 0.368 e. The van der Waals surface area contributed by atoms with Crippen LogP contribution >= 0.6 is 0 Å². The summed E-state index contributed by atoms with van der Waals surface area (Å²) in [5, 5.41) is 9.32. The molecule has 2 aliphatic heterocycles. The summed E-state index contributed by atoms with van der Waals surface area (Å²) in [4.78, 5) is 32.8. The fraction of sp³-hybridized carbons (Fsp3) is 0.429. The molecule has 0 radical (unpaired) electrons. The first-order valence-corrected chi connectivity index (χ1v) is 9.80. The fourth-order valence-corrected chi connectivity index (χ4v) is 4.55. The molecule has 2 amide bonds. The molecule has 0 aliphatic carbocycles. The Bertz CT molecular complexity index is 991. The molecule has 2 atom stereocenters. The molecule has 3 heterocycles. The number of hydrogen-bond acceptors (Lipinski definition) is 5. The van der Waals surface area contributed by atoms with Gasteiger partial charge in [0.25, 0.3) is 0 Å². The zero-order valence-electron chi connectivity index (χ0n) is 16.4. The number of fused-ring (bicyclic) bond motifs is 1. The molecule has 2 N–H and O–H groups in total. The lowest BCUT2D eigenvalue weighted by Crippen LogP contribution is -2.54. The SMILES string of the molecule is Cn1cncc1CN1CC(C(C(N)=O)N2CCCC2=O)Cc2cc(C#N)ccc21. The number of primary amides is 1. The van der Waals surface area contributed by atoms with E-state index in [0.29, 0.717) is 38.0 Å². The summed E-state index contributed by atoms with van der Waals surface area (Å²) in [5.74, 6) is -0.613. The molecule has 0 saturated carbocycles. The van der Waals surface area contributed by atoms with Crippen molar-refractivity contribution in [2.24, 2.45) is 18.7 Å². The number of imidazole rings is 1. The number of hydrogen-bond donors (Lipinski definition) is 1. The number of anilines is 1. The topological polar surface area (TPSA) is 108 Å². The van der Waals surface area contributed by atoms with Crippen LogP contribution in [0, 0.1) is 17.2 Å². The summed E-state index contributed by atoms with van der Waals surface area (Å²) in [6.07, 6.45) is 5.39. The van der Waals surface area contributed by atoms with Crippen molar-refractivity contribution in [3.63, 3.8) is 0 Å². The summed E-state index contributed by atoms with van der Waals surface area (Å²) in [5.41, 5.74) is 9.43. The van der Waals surface area contributed by atoms with E-state index in [0.717, 1.165) is 23.4 Å². The van der Waals surface area contributed by atoms with Crippen LogP contribution in [0.15, 0.2) is 30.7 Å². The van der Waals surface area contributed by atoms with E-state index in [1.165, 1.54) is 0 Å². The van der Waals surface area contributed by atoms with Crippen molar-refractivity contribution >= 4 is 17.5 Å². The monoisotopic (exact) mass is 392 g/mol. The van der Waals surface area contributed by atoms with Crippen LogP contribution in [0.1, 0.15) is 29.7 Å². The Kier molecular flexibility index (Phi) is 4.97. The van der Waals surface area contributed by atoms with E-state index in [2.05, 4.69) is 16.0 Å². The number of amides is 2. The van der Waals surface area contributed by atoms with Gasteiger partial charge in [-0.15, -0.1) is 0 Å². The highest BCUT2D eigenvalue weighted by Crippen LogP contribution is 2.35. The Morgan fingerprint density at radius 1 is 1.45 bits per heavy atom. The van der Waals surface area contributed by atoms with Crippen molar-refractivity contribution < 1.29 is 9.59 Å². The van der Waals surface area contributed by atoms with E-state index in [-0.39, 0.29) is 11.8 Å². The van der Waals surface area contributed by atoms with Gasteiger partial charge in [-0.05, 0) is 36.6 Å². The van der Waals surface area contributed by atoms with Crippen LogP contribution in [0.4, 0.5) is 5.69 Å². The summed E-state index contributed by atoms with van der Waals surface area (Å²) in [6.45, 7) is 1.78. The number of rotatable bonds is 5. The summed E-state index contributed by atoms with van der Waals surface area (Å²) < 4.78 is 1.96. The predicted molar refractivity (Wildman–Crippen MR) is 107 cm³/mol. The highest BCUT2D eigenvalue weighted by molar-refractivity contribution is 5.88. The molecule has 1 fully saturated rings. The van der Waals surface area contributed by atoms with E-state index >= 15 is 0 Å². The van der Waals surface area contributed by atoms with Crippen LogP contribution in [-0.2, 0) is 29.6 Å². The number of likely N-dealkylation sites (tertiary alicyclic amines) is 1. The second-order valence-corrected chi connectivity index (χ2v) is 7.83. The predicted octanol–water partition coefficient (Wildman–Crippen LogP) is 0.947. The first-order chi connectivity index (χ1) is 14.0. The number of carbonyl (C=O) groups excluding carboxylic acids is 2. The van der Waals surface area contributed by atoms with Gasteiger partial charge < -0.3 is 20.1 Å². The van der Waals surface area contributed by atoms with E-state index in [9.17, 15) is 14.9 Å². The maximum Gasteiger partial charge on any atom is 0.240 e. The van der Waals surface area contributed by atoms with Crippen molar-refractivity contribution in [2.45, 2.75) is 31.8 Å². The normalized spacial score (nSPS) is 19.7. The minimum atomic E-state index is -0.641. The minimum Gasteiger partial charge on any atom is -0.368 e. The number of aryl methyl sites for hydroxylation is 1. The van der Waals surface area contributed by atoms with Crippen molar-refractivity contribution in [2.75, 3.05) is 18.0 Å². The molecular formula is C21H24N6O2. The first kappa shape index (κ1) is 19.0. The summed E-state index contributed by atoms with van der Waals surface area (Å²) >= 11 is 0. The third-order valence-corrected chi connectivity index (χ3v) is 5.94. The molecule has 29 heavy (non-hydrogen) atoms. The molecular weight excluding hydrogens is 368 g/mol. The van der Waals surface area contributed by atoms with Gasteiger partial charge >= 0.3 is 0 Å². The molecule has 4 rings (SSSR count). The average molecular weight is 392 g/mol. The number of carbonyl (C=O) groups is 2. The molecule has 150 valence electrons. The Morgan fingerprint density at radius 2 is 2.28 bits per heavy atom. The van der Waals surface area contributed by atoms with Gasteiger partial charge in [-0.3, -0.25) is 9.59 Å². The molecule has 1 aromatic carbocycles. The zero-order valence-corrected chi connectivity index (χ0v) is 16.4. The lowest BCUT2D eigenvalue weighted by atomic mass is 9.85. The van der Waals surface area contributed by atoms with Crippen molar-refractivity contribution in [3.8, 4) is 6.07 Å². The van der Waals surface area contributed by atoms with Gasteiger partial charge in [0.05, 0.1) is 30.2 Å². The minimum absolute atomic E-state index is 0.0106. The fourth-order valence-electron chi connectivity index (χ4n) is 4.55. The highest BCUT2D eigenvalue weighted by atomic mass is 16.2. The maximum absolute atomic E-state index is 12.4. The van der Waals surface area contributed by atoms with E-state index < -0.39 is 11.9 Å². The van der Waals surface area contributed by atoms with E-state index in [1.807, 2.05) is 36.0 Å². The number of nitrogens with zero attached hydrogens (tertiary/aromatic N) is 5. The van der Waals surface area contributed by atoms with Crippen molar-refractivity contribution in [1.82, 2.24) is 14.5 Å². The van der Waals surface area contributed by atoms with Gasteiger partial charge in [0.15, 0.2) is 0 Å². The highest BCUT2D eigenvalue weighted by Gasteiger charge is 2.40. The number of nitrogens with two attached hydrogens (primary N) is 1. The molecule has 8 nitrogen and oxygen atoms in total. The van der Waals surface area contributed by atoms with Crippen LogP contribution in [0.2, 0.25) is 0 Å². The number of nitriles is 1. The van der Waals surface area contributed by atoms with Crippen molar-refractivity contribution in [1.29, 1.82) is 5.26 Å². The maximum atomic E-state index is 12.4. The summed E-state index contributed by atoms with van der Waals surface area (Å²) in [6, 6.07) is 7.19. The van der Waals surface area contributed by atoms with Gasteiger partial charge in [-0.2, -0.15) is 5.26 Å². The van der Waals surface area contributed by atoms with Crippen LogP contribution in [-0.4, -0.2) is 45.4 Å². The van der Waals surface area contributed by atoms with E-state index in [4.69, 9.17) is 5.73 Å². The molecule has 1 saturated heterocycles.